The highest BCUT2D eigenvalue weighted by Gasteiger charge is 2.49. The molecule has 0 aromatic heterocycles. The van der Waals surface area contributed by atoms with E-state index in [1.165, 1.54) is 0 Å². The molecule has 1 N–H and O–H groups in total. The standard InChI is InChI=1S/C18H31NO3S2/c1-15(2,17(5,13-19)9-8-14(21)22)12-16(3,4)18(6,23)24-11-7-10-20/h10,23H,7-9,11-12H2,1-6H3,(H,21,22). The Morgan fingerprint density at radius 3 is 2.17 bits per heavy atom. The van der Waals surface area contributed by atoms with Crippen LogP contribution in [0.2, 0.25) is 0 Å². The summed E-state index contributed by atoms with van der Waals surface area (Å²) in [5.74, 6) is -0.169. The van der Waals surface area contributed by atoms with Crippen molar-refractivity contribution < 1.29 is 14.7 Å². The Labute approximate surface area is 156 Å². The topological polar surface area (TPSA) is 78.2 Å². The van der Waals surface area contributed by atoms with Gasteiger partial charge in [0.05, 0.1) is 15.6 Å². The van der Waals surface area contributed by atoms with Crippen LogP contribution in [0.1, 0.15) is 67.2 Å². The summed E-state index contributed by atoms with van der Waals surface area (Å²) in [5.41, 5.74) is -1.33. The Hall–Kier alpha value is -0.670. The summed E-state index contributed by atoms with van der Waals surface area (Å²) >= 11 is 6.48. The van der Waals surface area contributed by atoms with E-state index in [0.717, 1.165) is 12.7 Å². The third-order valence-corrected chi connectivity index (χ3v) is 7.88. The van der Waals surface area contributed by atoms with Gasteiger partial charge in [-0.1, -0.05) is 27.7 Å². The third-order valence-electron chi connectivity index (χ3n) is 5.34. The highest BCUT2D eigenvalue weighted by molar-refractivity contribution is 8.11. The molecule has 0 aromatic rings. The van der Waals surface area contributed by atoms with Crippen LogP contribution in [0.15, 0.2) is 0 Å². The zero-order valence-corrected chi connectivity index (χ0v) is 17.4. The highest BCUT2D eigenvalue weighted by atomic mass is 32.2. The number of aliphatic carboxylic acids is 1. The quantitative estimate of drug-likeness (QED) is 0.236. The molecule has 0 bridgehead atoms. The Morgan fingerprint density at radius 1 is 1.21 bits per heavy atom. The number of hydrogen-bond acceptors (Lipinski definition) is 5. The van der Waals surface area contributed by atoms with Gasteiger partial charge in [-0.3, -0.25) is 4.79 Å². The number of carbonyl (C=O) groups excluding carboxylic acids is 1. The van der Waals surface area contributed by atoms with E-state index in [-0.39, 0.29) is 21.3 Å². The molecule has 0 rings (SSSR count). The lowest BCUT2D eigenvalue weighted by atomic mass is 9.59. The van der Waals surface area contributed by atoms with E-state index < -0.39 is 11.4 Å². The Balaban J connectivity index is 5.30. The van der Waals surface area contributed by atoms with Crippen LogP contribution in [-0.4, -0.2) is 27.2 Å². The fraction of sp³-hybridized carbons (Fsp3) is 0.833. The van der Waals surface area contributed by atoms with Crippen LogP contribution >= 0.6 is 24.4 Å². The molecule has 4 nitrogen and oxygen atoms in total. The molecule has 0 aromatic carbocycles. The van der Waals surface area contributed by atoms with Crippen LogP contribution in [0.3, 0.4) is 0 Å². The van der Waals surface area contributed by atoms with Crippen LogP contribution in [0.5, 0.6) is 0 Å². The Bertz CT molecular complexity index is 495. The van der Waals surface area contributed by atoms with Gasteiger partial charge in [0.15, 0.2) is 0 Å². The van der Waals surface area contributed by atoms with Crippen molar-refractivity contribution in [2.24, 2.45) is 16.2 Å². The monoisotopic (exact) mass is 373 g/mol. The molecule has 6 heteroatoms. The lowest BCUT2D eigenvalue weighted by Gasteiger charge is -2.49. The zero-order chi connectivity index (χ0) is 19.2. The van der Waals surface area contributed by atoms with Gasteiger partial charge in [0.1, 0.15) is 6.29 Å². The smallest absolute Gasteiger partial charge is 0.303 e. The number of thioether (sulfide) groups is 1. The lowest BCUT2D eigenvalue weighted by Crippen LogP contribution is -2.44. The molecule has 0 heterocycles. The summed E-state index contributed by atoms with van der Waals surface area (Å²) in [5, 5.41) is 18.7. The van der Waals surface area contributed by atoms with Crippen molar-refractivity contribution >= 4 is 36.6 Å². The number of carbonyl (C=O) groups is 2. The summed E-state index contributed by atoms with van der Waals surface area (Å²) in [7, 11) is 0. The number of rotatable bonds is 11. The van der Waals surface area contributed by atoms with Gasteiger partial charge in [0.25, 0.3) is 0 Å². The predicted molar refractivity (Wildman–Crippen MR) is 103 cm³/mol. The van der Waals surface area contributed by atoms with E-state index in [4.69, 9.17) is 17.7 Å². The number of nitrogens with zero attached hydrogens (tertiary/aromatic N) is 1. The summed E-state index contributed by atoms with van der Waals surface area (Å²) in [4.78, 5) is 21.5. The molecule has 2 unspecified atom stereocenters. The van der Waals surface area contributed by atoms with E-state index >= 15 is 0 Å². The average Bonchev–Trinajstić information content (AvgIpc) is 2.43. The zero-order valence-electron chi connectivity index (χ0n) is 15.7. The largest absolute Gasteiger partial charge is 0.481 e. The van der Waals surface area contributed by atoms with Gasteiger partial charge in [-0.15, -0.1) is 11.8 Å². The van der Waals surface area contributed by atoms with E-state index in [9.17, 15) is 14.9 Å². The van der Waals surface area contributed by atoms with E-state index in [1.54, 1.807) is 11.8 Å². The van der Waals surface area contributed by atoms with Gasteiger partial charge >= 0.3 is 5.97 Å². The number of nitriles is 1. The van der Waals surface area contributed by atoms with Crippen molar-refractivity contribution in [3.8, 4) is 6.07 Å². The summed E-state index contributed by atoms with van der Waals surface area (Å²) in [6.07, 6.45) is 2.43. The van der Waals surface area contributed by atoms with Gasteiger partial charge in [-0.25, -0.2) is 0 Å². The van der Waals surface area contributed by atoms with Crippen molar-refractivity contribution in [2.75, 3.05) is 5.75 Å². The molecule has 0 aliphatic heterocycles. The molecule has 0 aliphatic rings. The number of thiol groups is 1. The normalized spacial score (nSPS) is 17.4. The van der Waals surface area contributed by atoms with Gasteiger partial charge in [-0.2, -0.15) is 17.9 Å². The third kappa shape index (κ3) is 6.00. The fourth-order valence-corrected chi connectivity index (χ4v) is 4.30. The SMILES string of the molecule is CC(C)(CC(C)(C)C(C)(S)SCCC=O)C(C)(C#N)CCC(=O)O. The summed E-state index contributed by atoms with van der Waals surface area (Å²) in [6.45, 7) is 12.2. The minimum absolute atomic E-state index is 0.0137. The molecular formula is C18H31NO3S2. The maximum Gasteiger partial charge on any atom is 0.303 e. The molecule has 24 heavy (non-hydrogen) atoms. The molecule has 2 atom stereocenters. The van der Waals surface area contributed by atoms with Gasteiger partial charge in [0, 0.05) is 18.6 Å². The Kier molecular flexibility index (Phi) is 8.38. The van der Waals surface area contributed by atoms with Crippen LogP contribution in [0.25, 0.3) is 0 Å². The first kappa shape index (κ1) is 23.3. The van der Waals surface area contributed by atoms with Crippen LogP contribution < -0.4 is 0 Å². The second-order valence-corrected chi connectivity index (χ2v) is 10.8. The number of carboxylic acids is 1. The molecular weight excluding hydrogens is 342 g/mol. The van der Waals surface area contributed by atoms with Gasteiger partial charge in [-0.05, 0) is 37.5 Å². The van der Waals surface area contributed by atoms with E-state index in [0.29, 0.717) is 18.6 Å². The maximum absolute atomic E-state index is 10.9. The molecule has 0 amide bonds. The molecule has 0 fully saturated rings. The molecule has 0 aliphatic carbocycles. The van der Waals surface area contributed by atoms with Crippen LogP contribution in [0, 0.1) is 27.6 Å². The van der Waals surface area contributed by atoms with Crippen molar-refractivity contribution in [3.63, 3.8) is 0 Å². The van der Waals surface area contributed by atoms with Gasteiger partial charge < -0.3 is 9.90 Å². The molecule has 0 spiro atoms. The van der Waals surface area contributed by atoms with E-state index in [2.05, 4.69) is 19.9 Å². The predicted octanol–water partition coefficient (Wildman–Crippen LogP) is 4.79. The first-order valence-corrected chi connectivity index (χ1v) is 9.61. The number of aldehydes is 1. The maximum atomic E-state index is 10.9. The average molecular weight is 374 g/mol. The minimum Gasteiger partial charge on any atom is -0.481 e. The molecule has 0 saturated heterocycles. The lowest BCUT2D eigenvalue weighted by molar-refractivity contribution is -0.137. The molecule has 138 valence electrons. The molecule has 0 saturated carbocycles. The number of carboxylic acid groups (broad SMARTS) is 1. The summed E-state index contributed by atoms with van der Waals surface area (Å²) < 4.78 is -0.365. The van der Waals surface area contributed by atoms with Gasteiger partial charge in [0.2, 0.25) is 0 Å². The van der Waals surface area contributed by atoms with E-state index in [1.807, 2.05) is 27.7 Å². The first-order valence-electron chi connectivity index (χ1n) is 8.18. The van der Waals surface area contributed by atoms with Crippen molar-refractivity contribution in [2.45, 2.75) is 71.3 Å². The minimum atomic E-state index is -0.880. The summed E-state index contributed by atoms with van der Waals surface area (Å²) in [6, 6.07) is 2.36. The Morgan fingerprint density at radius 2 is 1.75 bits per heavy atom. The second kappa shape index (κ2) is 8.62. The van der Waals surface area contributed by atoms with Crippen molar-refractivity contribution in [1.29, 1.82) is 5.26 Å². The van der Waals surface area contributed by atoms with Crippen molar-refractivity contribution in [1.82, 2.24) is 0 Å². The van der Waals surface area contributed by atoms with Crippen LogP contribution in [0.4, 0.5) is 0 Å². The first-order chi connectivity index (χ1) is 10.7. The number of hydrogen-bond donors (Lipinski definition) is 2. The van der Waals surface area contributed by atoms with Crippen LogP contribution in [-0.2, 0) is 9.59 Å². The second-order valence-electron chi connectivity index (χ2n) is 8.07. The highest BCUT2D eigenvalue weighted by Crippen LogP contribution is 2.55. The fourth-order valence-electron chi connectivity index (χ4n) is 2.87. The van der Waals surface area contributed by atoms with Crippen molar-refractivity contribution in [3.05, 3.63) is 0 Å². The molecule has 0 radical (unpaired) electrons.